The van der Waals surface area contributed by atoms with E-state index in [2.05, 4.69) is 0 Å². The van der Waals surface area contributed by atoms with Crippen LogP contribution in [0.4, 0.5) is 0 Å². The highest BCUT2D eigenvalue weighted by Crippen LogP contribution is 2.22. The fraction of sp³-hybridized carbons (Fsp3) is 0.400. The number of hydrogen-bond donors (Lipinski definition) is 2. The monoisotopic (exact) mass is 298 g/mol. The van der Waals surface area contributed by atoms with Gasteiger partial charge in [-0.25, -0.2) is 0 Å². The fourth-order valence-corrected chi connectivity index (χ4v) is 2.71. The van der Waals surface area contributed by atoms with Crippen molar-refractivity contribution in [1.82, 2.24) is 0 Å². The second-order valence-corrected chi connectivity index (χ2v) is 5.84. The van der Waals surface area contributed by atoms with Crippen LogP contribution in [0.5, 0.6) is 0 Å². The molecule has 0 saturated heterocycles. The average Bonchev–Trinajstić information content (AvgIpc) is 2.59. The van der Waals surface area contributed by atoms with Crippen LogP contribution in [0.3, 0.4) is 0 Å². The van der Waals surface area contributed by atoms with Gasteiger partial charge in [0.15, 0.2) is 0 Å². The van der Waals surface area contributed by atoms with Gasteiger partial charge in [-0.1, -0.05) is 86.3 Å². The summed E-state index contributed by atoms with van der Waals surface area (Å²) in [7, 11) is 0. The molecule has 118 valence electrons. The zero-order valence-corrected chi connectivity index (χ0v) is 13.1. The maximum absolute atomic E-state index is 10.1. The van der Waals surface area contributed by atoms with Gasteiger partial charge in [-0.2, -0.15) is 0 Å². The lowest BCUT2D eigenvalue weighted by Gasteiger charge is -2.12. The van der Waals surface area contributed by atoms with Gasteiger partial charge in [-0.05, 0) is 24.0 Å². The Hall–Kier alpha value is -1.64. The second kappa shape index (κ2) is 9.39. The summed E-state index contributed by atoms with van der Waals surface area (Å²) in [6, 6.07) is 19.7. The van der Waals surface area contributed by atoms with Gasteiger partial charge in [-0.3, -0.25) is 0 Å². The van der Waals surface area contributed by atoms with Crippen molar-refractivity contribution in [1.29, 1.82) is 0 Å². The van der Waals surface area contributed by atoms with E-state index in [4.69, 9.17) is 0 Å². The molecular weight excluding hydrogens is 272 g/mol. The van der Waals surface area contributed by atoms with Crippen LogP contribution in [0.2, 0.25) is 0 Å². The van der Waals surface area contributed by atoms with Crippen LogP contribution in [-0.4, -0.2) is 10.2 Å². The minimum absolute atomic E-state index is 0.351. The molecule has 0 aliphatic carbocycles. The predicted octanol–water partition coefficient (Wildman–Crippen LogP) is 4.79. The molecule has 2 atom stereocenters. The van der Waals surface area contributed by atoms with E-state index in [0.717, 1.165) is 49.7 Å². The van der Waals surface area contributed by atoms with E-state index in [9.17, 15) is 10.2 Å². The molecule has 2 rings (SSSR count). The van der Waals surface area contributed by atoms with Crippen LogP contribution in [-0.2, 0) is 0 Å². The molecule has 0 bridgehead atoms. The highest BCUT2D eigenvalue weighted by atomic mass is 16.3. The molecule has 0 saturated carbocycles. The Bertz CT molecular complexity index is 460. The van der Waals surface area contributed by atoms with Crippen LogP contribution < -0.4 is 0 Å². The summed E-state index contributed by atoms with van der Waals surface area (Å²) in [6.45, 7) is 0. The lowest BCUT2D eigenvalue weighted by Crippen LogP contribution is -1.98. The minimum Gasteiger partial charge on any atom is -0.388 e. The smallest absolute Gasteiger partial charge is 0.0790 e. The first-order valence-corrected chi connectivity index (χ1v) is 8.23. The fourth-order valence-electron chi connectivity index (χ4n) is 2.71. The van der Waals surface area contributed by atoms with Crippen molar-refractivity contribution < 1.29 is 10.2 Å². The number of hydrogen-bond acceptors (Lipinski definition) is 2. The Kier molecular flexibility index (Phi) is 7.14. The van der Waals surface area contributed by atoms with E-state index in [1.165, 1.54) is 0 Å². The van der Waals surface area contributed by atoms with E-state index in [0.29, 0.717) is 0 Å². The van der Waals surface area contributed by atoms with E-state index in [1.807, 2.05) is 60.7 Å². The number of aliphatic hydroxyl groups excluding tert-OH is 2. The van der Waals surface area contributed by atoms with Gasteiger partial charge in [0.2, 0.25) is 0 Å². The molecule has 22 heavy (non-hydrogen) atoms. The third-order valence-electron chi connectivity index (χ3n) is 4.07. The lowest BCUT2D eigenvalue weighted by atomic mass is 10.00. The molecule has 2 N–H and O–H groups in total. The molecule has 0 amide bonds. The molecule has 0 aromatic heterocycles. The van der Waals surface area contributed by atoms with Gasteiger partial charge in [0.05, 0.1) is 12.2 Å². The topological polar surface area (TPSA) is 40.5 Å². The summed E-state index contributed by atoms with van der Waals surface area (Å²) in [5.41, 5.74) is 2.00. The Balaban J connectivity index is 1.56. The summed E-state index contributed by atoms with van der Waals surface area (Å²) >= 11 is 0. The van der Waals surface area contributed by atoms with E-state index in [-0.39, 0.29) is 12.2 Å². The van der Waals surface area contributed by atoms with Gasteiger partial charge in [-0.15, -0.1) is 0 Å². The van der Waals surface area contributed by atoms with E-state index in [1.54, 1.807) is 0 Å². The number of unbranched alkanes of at least 4 members (excludes halogenated alkanes) is 3. The first kappa shape index (κ1) is 16.7. The summed E-state index contributed by atoms with van der Waals surface area (Å²) in [4.78, 5) is 0. The van der Waals surface area contributed by atoms with Gasteiger partial charge < -0.3 is 10.2 Å². The first-order chi connectivity index (χ1) is 10.8. The van der Waals surface area contributed by atoms with Crippen LogP contribution in [0.25, 0.3) is 0 Å². The van der Waals surface area contributed by atoms with E-state index >= 15 is 0 Å². The van der Waals surface area contributed by atoms with Gasteiger partial charge in [0.25, 0.3) is 0 Å². The van der Waals surface area contributed by atoms with Crippen molar-refractivity contribution in [2.45, 2.75) is 50.7 Å². The zero-order valence-electron chi connectivity index (χ0n) is 13.1. The van der Waals surface area contributed by atoms with Crippen molar-refractivity contribution in [3.05, 3.63) is 71.8 Å². The largest absolute Gasteiger partial charge is 0.388 e. The Morgan fingerprint density at radius 2 is 0.909 bits per heavy atom. The van der Waals surface area contributed by atoms with Crippen molar-refractivity contribution in [2.75, 3.05) is 0 Å². The Morgan fingerprint density at radius 3 is 1.27 bits per heavy atom. The summed E-state index contributed by atoms with van der Waals surface area (Å²) in [5, 5.41) is 20.1. The maximum atomic E-state index is 10.1. The highest BCUT2D eigenvalue weighted by molar-refractivity contribution is 5.17. The predicted molar refractivity (Wildman–Crippen MR) is 90.5 cm³/mol. The molecule has 0 aliphatic rings. The molecular formula is C20H26O2. The molecule has 2 unspecified atom stereocenters. The van der Waals surface area contributed by atoms with Crippen molar-refractivity contribution in [2.24, 2.45) is 0 Å². The lowest BCUT2D eigenvalue weighted by molar-refractivity contribution is 0.157. The van der Waals surface area contributed by atoms with Crippen LogP contribution >= 0.6 is 0 Å². The van der Waals surface area contributed by atoms with Gasteiger partial charge in [0.1, 0.15) is 0 Å². The molecule has 0 heterocycles. The molecule has 2 aromatic carbocycles. The average molecular weight is 298 g/mol. The van der Waals surface area contributed by atoms with Crippen LogP contribution in [0.1, 0.15) is 61.9 Å². The minimum atomic E-state index is -0.351. The third kappa shape index (κ3) is 5.63. The Morgan fingerprint density at radius 1 is 0.545 bits per heavy atom. The number of aliphatic hydroxyl groups is 2. The number of rotatable bonds is 9. The van der Waals surface area contributed by atoms with E-state index < -0.39 is 0 Å². The van der Waals surface area contributed by atoms with Crippen molar-refractivity contribution >= 4 is 0 Å². The number of benzene rings is 2. The van der Waals surface area contributed by atoms with Crippen molar-refractivity contribution in [3.63, 3.8) is 0 Å². The molecule has 2 nitrogen and oxygen atoms in total. The maximum Gasteiger partial charge on any atom is 0.0790 e. The SMILES string of the molecule is OC(CCCCCCC(O)c1ccccc1)c1ccccc1. The standard InChI is InChI=1S/C20H26O2/c21-19(17-11-5-3-6-12-17)15-9-1-2-10-16-20(22)18-13-7-4-8-14-18/h3-8,11-14,19-22H,1-2,9-10,15-16H2. The second-order valence-electron chi connectivity index (χ2n) is 5.84. The highest BCUT2D eigenvalue weighted by Gasteiger charge is 2.08. The zero-order chi connectivity index (χ0) is 15.6. The molecule has 0 radical (unpaired) electrons. The molecule has 0 fully saturated rings. The summed E-state index contributed by atoms with van der Waals surface area (Å²) in [5.74, 6) is 0. The first-order valence-electron chi connectivity index (χ1n) is 8.23. The normalized spacial score (nSPS) is 13.7. The van der Waals surface area contributed by atoms with Crippen LogP contribution in [0.15, 0.2) is 60.7 Å². The van der Waals surface area contributed by atoms with Gasteiger partial charge in [0, 0.05) is 0 Å². The van der Waals surface area contributed by atoms with Gasteiger partial charge >= 0.3 is 0 Å². The Labute approximate surface area is 133 Å². The summed E-state index contributed by atoms with van der Waals surface area (Å²) < 4.78 is 0. The van der Waals surface area contributed by atoms with Crippen LogP contribution in [0, 0.1) is 0 Å². The summed E-state index contributed by atoms with van der Waals surface area (Å²) in [6.07, 6.45) is 5.18. The molecule has 2 heteroatoms. The quantitative estimate of drug-likeness (QED) is 0.653. The molecule has 0 aliphatic heterocycles. The third-order valence-corrected chi connectivity index (χ3v) is 4.07. The molecule has 2 aromatic rings. The van der Waals surface area contributed by atoms with Crippen molar-refractivity contribution in [3.8, 4) is 0 Å². The molecule has 0 spiro atoms.